The van der Waals surface area contributed by atoms with Gasteiger partial charge in [0.25, 0.3) is 5.91 Å². The smallest absolute Gasteiger partial charge is 0.257 e. The Morgan fingerprint density at radius 2 is 2.04 bits per heavy atom. The summed E-state index contributed by atoms with van der Waals surface area (Å²) in [5.41, 5.74) is 1.14. The SMILES string of the molecule is Cc1cnn(CCCNC(=O)COc2ccc3ccccc3c2)c1. The van der Waals surface area contributed by atoms with Gasteiger partial charge >= 0.3 is 0 Å². The first-order chi connectivity index (χ1) is 11.7. The molecular formula is C19H21N3O2. The molecule has 3 aromatic rings. The minimum atomic E-state index is -0.111. The number of hydrogen-bond acceptors (Lipinski definition) is 3. The number of fused-ring (bicyclic) bond motifs is 1. The van der Waals surface area contributed by atoms with Crippen molar-refractivity contribution in [2.45, 2.75) is 19.9 Å². The maximum absolute atomic E-state index is 11.8. The Morgan fingerprint density at radius 1 is 1.21 bits per heavy atom. The predicted molar refractivity (Wildman–Crippen MR) is 94.0 cm³/mol. The van der Waals surface area contributed by atoms with Crippen molar-refractivity contribution in [1.29, 1.82) is 0 Å². The Morgan fingerprint density at radius 3 is 2.83 bits per heavy atom. The highest BCUT2D eigenvalue weighted by molar-refractivity contribution is 5.84. The van der Waals surface area contributed by atoms with Gasteiger partial charge in [-0.3, -0.25) is 9.48 Å². The lowest BCUT2D eigenvalue weighted by Crippen LogP contribution is -2.30. The zero-order valence-electron chi connectivity index (χ0n) is 13.7. The van der Waals surface area contributed by atoms with Crippen molar-refractivity contribution in [3.8, 4) is 5.75 Å². The second-order valence-corrected chi connectivity index (χ2v) is 5.78. The molecule has 0 atom stereocenters. The number of nitrogens with zero attached hydrogens (tertiary/aromatic N) is 2. The third-order valence-electron chi connectivity index (χ3n) is 3.74. The van der Waals surface area contributed by atoms with Gasteiger partial charge in [0.15, 0.2) is 6.61 Å². The third-order valence-corrected chi connectivity index (χ3v) is 3.74. The molecule has 124 valence electrons. The normalized spacial score (nSPS) is 10.7. The molecule has 0 unspecified atom stereocenters. The van der Waals surface area contributed by atoms with E-state index in [0.717, 1.165) is 29.3 Å². The number of nitrogens with one attached hydrogen (secondary N) is 1. The van der Waals surface area contributed by atoms with Gasteiger partial charge in [0, 0.05) is 19.3 Å². The molecule has 0 spiro atoms. The average Bonchev–Trinajstić information content (AvgIpc) is 3.02. The Balaban J connectivity index is 1.40. The third kappa shape index (κ3) is 4.35. The second kappa shape index (κ2) is 7.64. The van der Waals surface area contributed by atoms with Gasteiger partial charge in [-0.2, -0.15) is 5.10 Å². The van der Waals surface area contributed by atoms with Crippen LogP contribution < -0.4 is 10.1 Å². The van der Waals surface area contributed by atoms with Crippen LogP contribution in [0.4, 0.5) is 0 Å². The van der Waals surface area contributed by atoms with E-state index in [1.165, 1.54) is 0 Å². The number of aryl methyl sites for hydroxylation is 2. The van der Waals surface area contributed by atoms with Crippen molar-refractivity contribution in [3.63, 3.8) is 0 Å². The molecule has 0 aliphatic rings. The molecule has 0 saturated heterocycles. The molecular weight excluding hydrogens is 302 g/mol. The van der Waals surface area contributed by atoms with Crippen LogP contribution in [0, 0.1) is 6.92 Å². The maximum Gasteiger partial charge on any atom is 0.257 e. The first-order valence-corrected chi connectivity index (χ1v) is 8.08. The molecule has 5 heteroatoms. The lowest BCUT2D eigenvalue weighted by Gasteiger charge is -2.08. The summed E-state index contributed by atoms with van der Waals surface area (Å²) in [6.45, 7) is 3.44. The molecule has 0 aliphatic carbocycles. The number of rotatable bonds is 7. The summed E-state index contributed by atoms with van der Waals surface area (Å²) in [7, 11) is 0. The highest BCUT2D eigenvalue weighted by Gasteiger charge is 2.03. The molecule has 24 heavy (non-hydrogen) atoms. The molecule has 3 rings (SSSR count). The molecule has 5 nitrogen and oxygen atoms in total. The first-order valence-electron chi connectivity index (χ1n) is 8.08. The van der Waals surface area contributed by atoms with Crippen LogP contribution in [0.3, 0.4) is 0 Å². The zero-order chi connectivity index (χ0) is 16.8. The number of aromatic nitrogens is 2. The van der Waals surface area contributed by atoms with Crippen molar-refractivity contribution in [2.75, 3.05) is 13.2 Å². The molecule has 1 N–H and O–H groups in total. The van der Waals surface area contributed by atoms with Gasteiger partial charge in [-0.15, -0.1) is 0 Å². The van der Waals surface area contributed by atoms with Gasteiger partial charge in [0.1, 0.15) is 5.75 Å². The van der Waals surface area contributed by atoms with Crippen LogP contribution in [0.2, 0.25) is 0 Å². The minimum Gasteiger partial charge on any atom is -0.484 e. The molecule has 1 amide bonds. The fourth-order valence-corrected chi connectivity index (χ4v) is 2.52. The Bertz CT molecular complexity index is 826. The van der Waals surface area contributed by atoms with E-state index in [-0.39, 0.29) is 12.5 Å². The number of ether oxygens (including phenoxy) is 1. The lowest BCUT2D eigenvalue weighted by atomic mass is 10.1. The van der Waals surface area contributed by atoms with E-state index in [4.69, 9.17) is 4.74 Å². The van der Waals surface area contributed by atoms with Crippen molar-refractivity contribution >= 4 is 16.7 Å². The molecule has 0 radical (unpaired) electrons. The highest BCUT2D eigenvalue weighted by Crippen LogP contribution is 2.20. The van der Waals surface area contributed by atoms with Crippen molar-refractivity contribution < 1.29 is 9.53 Å². The van der Waals surface area contributed by atoms with E-state index in [1.54, 1.807) is 0 Å². The number of benzene rings is 2. The van der Waals surface area contributed by atoms with E-state index in [2.05, 4.69) is 10.4 Å². The summed E-state index contributed by atoms with van der Waals surface area (Å²) in [5, 5.41) is 9.33. The first kappa shape index (κ1) is 16.1. The number of carbonyl (C=O) groups is 1. The topological polar surface area (TPSA) is 56.2 Å². The fraction of sp³-hybridized carbons (Fsp3) is 0.263. The van der Waals surface area contributed by atoms with Gasteiger partial charge in [-0.1, -0.05) is 30.3 Å². The monoisotopic (exact) mass is 323 g/mol. The Labute approximate surface area is 141 Å². The summed E-state index contributed by atoms with van der Waals surface area (Å²) in [5.74, 6) is 0.593. The number of amides is 1. The van der Waals surface area contributed by atoms with Crippen LogP contribution >= 0.6 is 0 Å². The molecule has 0 saturated carbocycles. The van der Waals surface area contributed by atoms with Crippen LogP contribution in [-0.2, 0) is 11.3 Å². The van der Waals surface area contributed by atoms with Gasteiger partial charge in [-0.05, 0) is 41.8 Å². The van der Waals surface area contributed by atoms with Crippen LogP contribution in [0.25, 0.3) is 10.8 Å². The van der Waals surface area contributed by atoms with E-state index in [1.807, 2.05) is 66.5 Å². The Hall–Kier alpha value is -2.82. The minimum absolute atomic E-state index is 0.0270. The summed E-state index contributed by atoms with van der Waals surface area (Å²) < 4.78 is 7.45. The maximum atomic E-state index is 11.8. The van der Waals surface area contributed by atoms with Crippen molar-refractivity contribution in [3.05, 3.63) is 60.4 Å². The molecule has 2 aromatic carbocycles. The van der Waals surface area contributed by atoms with E-state index < -0.39 is 0 Å². The summed E-state index contributed by atoms with van der Waals surface area (Å²) in [6.07, 6.45) is 4.66. The van der Waals surface area contributed by atoms with Gasteiger partial charge in [0.05, 0.1) is 6.20 Å². The largest absolute Gasteiger partial charge is 0.484 e. The van der Waals surface area contributed by atoms with Gasteiger partial charge in [-0.25, -0.2) is 0 Å². The summed E-state index contributed by atoms with van der Waals surface area (Å²) >= 11 is 0. The van der Waals surface area contributed by atoms with E-state index in [9.17, 15) is 4.79 Å². The molecule has 1 aromatic heterocycles. The molecule has 0 bridgehead atoms. The highest BCUT2D eigenvalue weighted by atomic mass is 16.5. The summed E-state index contributed by atoms with van der Waals surface area (Å²) in [4.78, 5) is 11.8. The fourth-order valence-electron chi connectivity index (χ4n) is 2.52. The standard InChI is InChI=1S/C19H21N3O2/c1-15-12-21-22(13-15)10-4-9-20-19(23)14-24-18-8-7-16-5-2-3-6-17(16)11-18/h2-3,5-8,11-13H,4,9-10,14H2,1H3,(H,20,23). The Kier molecular flexibility index (Phi) is 5.11. The summed E-state index contributed by atoms with van der Waals surface area (Å²) in [6, 6.07) is 13.9. The van der Waals surface area contributed by atoms with Gasteiger partial charge in [0.2, 0.25) is 0 Å². The zero-order valence-corrected chi connectivity index (χ0v) is 13.7. The second-order valence-electron chi connectivity index (χ2n) is 5.78. The van der Waals surface area contributed by atoms with E-state index >= 15 is 0 Å². The van der Waals surface area contributed by atoms with Crippen molar-refractivity contribution in [2.24, 2.45) is 0 Å². The molecule has 0 fully saturated rings. The lowest BCUT2D eigenvalue weighted by molar-refractivity contribution is -0.123. The van der Waals surface area contributed by atoms with Crippen LogP contribution in [0.15, 0.2) is 54.9 Å². The average molecular weight is 323 g/mol. The van der Waals surface area contributed by atoms with E-state index in [0.29, 0.717) is 12.3 Å². The quantitative estimate of drug-likeness (QED) is 0.680. The van der Waals surface area contributed by atoms with Crippen LogP contribution in [0.1, 0.15) is 12.0 Å². The number of hydrogen-bond donors (Lipinski definition) is 1. The van der Waals surface area contributed by atoms with Gasteiger partial charge < -0.3 is 10.1 Å². The molecule has 1 heterocycles. The predicted octanol–water partition coefficient (Wildman–Crippen LogP) is 2.93. The number of carbonyl (C=O) groups excluding carboxylic acids is 1. The van der Waals surface area contributed by atoms with Crippen LogP contribution in [0.5, 0.6) is 5.75 Å². The van der Waals surface area contributed by atoms with Crippen molar-refractivity contribution in [1.82, 2.24) is 15.1 Å². The van der Waals surface area contributed by atoms with Crippen LogP contribution in [-0.4, -0.2) is 28.8 Å². The molecule has 0 aliphatic heterocycles.